The zero-order valence-corrected chi connectivity index (χ0v) is 11.6. The number of carboxylic acids is 1. The zero-order chi connectivity index (χ0) is 14.0. The van der Waals surface area contributed by atoms with Crippen molar-refractivity contribution in [3.8, 4) is 11.3 Å². The number of aromatic nitrogens is 1. The fourth-order valence-corrected chi connectivity index (χ4v) is 2.12. The van der Waals surface area contributed by atoms with Gasteiger partial charge in [-0.15, -0.1) is 0 Å². The topological polar surface area (TPSA) is 63.3 Å². The van der Waals surface area contributed by atoms with Crippen molar-refractivity contribution in [1.29, 1.82) is 0 Å². The molecule has 0 aliphatic heterocycles. The molecule has 1 heterocycles. The summed E-state index contributed by atoms with van der Waals surface area (Å²) in [7, 11) is 0. The second kappa shape index (κ2) is 5.63. The van der Waals surface area contributed by atoms with E-state index in [1.54, 1.807) is 31.2 Å². The van der Waals surface area contributed by atoms with Crippen LogP contribution in [0.15, 0.2) is 28.7 Å². The van der Waals surface area contributed by atoms with Gasteiger partial charge in [-0.2, -0.15) is 4.98 Å². The highest BCUT2D eigenvalue weighted by molar-refractivity contribution is 6.30. The molecule has 0 aliphatic rings. The van der Waals surface area contributed by atoms with E-state index >= 15 is 0 Å². The van der Waals surface area contributed by atoms with E-state index in [9.17, 15) is 9.90 Å². The molecular formula is C13H11Cl2NO3. The Hall–Kier alpha value is -1.52. The molecule has 1 aromatic heterocycles. The van der Waals surface area contributed by atoms with Gasteiger partial charge in [0.1, 0.15) is 17.4 Å². The lowest BCUT2D eigenvalue weighted by Crippen LogP contribution is -2.10. The molecule has 1 N–H and O–H groups in total. The molecule has 2 aromatic rings. The third-order valence-corrected chi connectivity index (χ3v) is 3.18. The van der Waals surface area contributed by atoms with Gasteiger partial charge in [-0.1, -0.05) is 30.7 Å². The Balaban J connectivity index is 2.51. The lowest BCUT2D eigenvalue weighted by molar-refractivity contribution is -0.139. The molecule has 1 atom stereocenters. The highest BCUT2D eigenvalue weighted by Crippen LogP contribution is 2.33. The number of aliphatic carboxylic acids is 1. The number of carboxylic acid groups (broad SMARTS) is 1. The largest absolute Gasteiger partial charge is 0.481 e. The van der Waals surface area contributed by atoms with Gasteiger partial charge in [-0.3, -0.25) is 4.79 Å². The molecule has 2 rings (SSSR count). The molecular weight excluding hydrogens is 289 g/mol. The molecule has 1 aromatic carbocycles. The van der Waals surface area contributed by atoms with Gasteiger partial charge in [0.15, 0.2) is 0 Å². The van der Waals surface area contributed by atoms with Gasteiger partial charge >= 0.3 is 5.97 Å². The molecule has 0 radical (unpaired) electrons. The molecule has 6 heteroatoms. The molecule has 4 nitrogen and oxygen atoms in total. The second-order valence-electron chi connectivity index (χ2n) is 3.99. The smallest absolute Gasteiger partial charge is 0.314 e. The Bertz CT molecular complexity index is 592. The summed E-state index contributed by atoms with van der Waals surface area (Å²) in [5.74, 6) is -1.47. The van der Waals surface area contributed by atoms with Crippen molar-refractivity contribution >= 4 is 29.2 Å². The summed E-state index contributed by atoms with van der Waals surface area (Å²) in [6, 6.07) is 6.89. The number of oxazole rings is 1. The number of rotatable bonds is 4. The Kier molecular flexibility index (Phi) is 4.12. The molecule has 0 amide bonds. The van der Waals surface area contributed by atoms with Crippen LogP contribution in [0, 0.1) is 0 Å². The maximum absolute atomic E-state index is 11.2. The van der Waals surface area contributed by atoms with Gasteiger partial charge in [0.2, 0.25) is 0 Å². The van der Waals surface area contributed by atoms with Gasteiger partial charge in [-0.05, 0) is 30.2 Å². The summed E-state index contributed by atoms with van der Waals surface area (Å²) in [4.78, 5) is 15.3. The van der Waals surface area contributed by atoms with E-state index in [0.717, 1.165) is 5.56 Å². The fourth-order valence-electron chi connectivity index (χ4n) is 1.83. The van der Waals surface area contributed by atoms with Gasteiger partial charge in [-0.25, -0.2) is 0 Å². The van der Waals surface area contributed by atoms with Crippen LogP contribution in [-0.4, -0.2) is 16.1 Å². The first kappa shape index (κ1) is 13.9. The zero-order valence-electron chi connectivity index (χ0n) is 10.1. The van der Waals surface area contributed by atoms with Gasteiger partial charge in [0.05, 0.1) is 0 Å². The SMILES string of the molecule is CCC(C(=O)O)c1oc(Cl)nc1-c1ccc(Cl)cc1. The van der Waals surface area contributed by atoms with E-state index in [1.165, 1.54) is 0 Å². The van der Waals surface area contributed by atoms with Crippen molar-refractivity contribution in [3.05, 3.63) is 40.4 Å². The van der Waals surface area contributed by atoms with E-state index in [-0.39, 0.29) is 11.1 Å². The minimum Gasteiger partial charge on any atom is -0.481 e. The van der Waals surface area contributed by atoms with Crippen molar-refractivity contribution < 1.29 is 14.3 Å². The molecule has 100 valence electrons. The standard InChI is InChI=1S/C13H11Cl2NO3/c1-2-9(12(17)18)11-10(16-13(15)19-11)7-3-5-8(14)6-4-7/h3-6,9H,2H2,1H3,(H,17,18). The summed E-state index contributed by atoms with van der Waals surface area (Å²) in [6.45, 7) is 1.76. The van der Waals surface area contributed by atoms with Crippen LogP contribution in [0.4, 0.5) is 0 Å². The molecule has 0 aliphatic carbocycles. The highest BCUT2D eigenvalue weighted by atomic mass is 35.5. The molecule has 1 unspecified atom stereocenters. The van der Waals surface area contributed by atoms with Crippen LogP contribution in [0.25, 0.3) is 11.3 Å². The van der Waals surface area contributed by atoms with Gasteiger partial charge < -0.3 is 9.52 Å². The number of halogens is 2. The number of hydrogen-bond donors (Lipinski definition) is 1. The van der Waals surface area contributed by atoms with Gasteiger partial charge in [0, 0.05) is 10.6 Å². The van der Waals surface area contributed by atoms with E-state index in [1.807, 2.05) is 0 Å². The van der Waals surface area contributed by atoms with Gasteiger partial charge in [0.25, 0.3) is 5.35 Å². The van der Waals surface area contributed by atoms with E-state index < -0.39 is 11.9 Å². The first-order valence-corrected chi connectivity index (χ1v) is 6.43. The number of nitrogens with zero attached hydrogens (tertiary/aromatic N) is 1. The predicted octanol–water partition coefficient (Wildman–Crippen LogP) is 4.23. The van der Waals surface area contributed by atoms with Crippen LogP contribution in [0.2, 0.25) is 10.4 Å². The first-order chi connectivity index (χ1) is 9.02. The van der Waals surface area contributed by atoms with E-state index in [2.05, 4.69) is 4.98 Å². The number of carbonyl (C=O) groups is 1. The monoisotopic (exact) mass is 299 g/mol. The number of benzene rings is 1. The molecule has 0 saturated carbocycles. The average Bonchev–Trinajstić information content (AvgIpc) is 2.72. The first-order valence-electron chi connectivity index (χ1n) is 5.68. The quantitative estimate of drug-likeness (QED) is 0.918. The minimum absolute atomic E-state index is 0.0698. The van der Waals surface area contributed by atoms with Crippen molar-refractivity contribution in [2.45, 2.75) is 19.3 Å². The minimum atomic E-state index is -0.967. The normalized spacial score (nSPS) is 12.4. The third-order valence-electron chi connectivity index (χ3n) is 2.77. The molecule has 0 spiro atoms. The van der Waals surface area contributed by atoms with E-state index in [4.69, 9.17) is 27.6 Å². The number of hydrogen-bond acceptors (Lipinski definition) is 3. The van der Waals surface area contributed by atoms with Crippen LogP contribution in [0.1, 0.15) is 25.0 Å². The van der Waals surface area contributed by atoms with Crippen molar-refractivity contribution in [3.63, 3.8) is 0 Å². The average molecular weight is 300 g/mol. The Morgan fingerprint density at radius 3 is 2.53 bits per heavy atom. The Labute approximate surface area is 120 Å². The molecule has 0 fully saturated rings. The second-order valence-corrected chi connectivity index (χ2v) is 4.75. The van der Waals surface area contributed by atoms with Crippen molar-refractivity contribution in [2.24, 2.45) is 0 Å². The summed E-state index contributed by atoms with van der Waals surface area (Å²) in [5, 5.41) is 9.72. The highest BCUT2D eigenvalue weighted by Gasteiger charge is 2.27. The predicted molar refractivity (Wildman–Crippen MR) is 72.6 cm³/mol. The van der Waals surface area contributed by atoms with Crippen LogP contribution in [0.5, 0.6) is 0 Å². The Morgan fingerprint density at radius 2 is 2.00 bits per heavy atom. The van der Waals surface area contributed by atoms with Crippen LogP contribution >= 0.6 is 23.2 Å². The van der Waals surface area contributed by atoms with Crippen LogP contribution in [0.3, 0.4) is 0 Å². The summed E-state index contributed by atoms with van der Waals surface area (Å²) < 4.78 is 5.25. The van der Waals surface area contributed by atoms with Crippen LogP contribution in [-0.2, 0) is 4.79 Å². The molecule has 0 saturated heterocycles. The lowest BCUT2D eigenvalue weighted by Gasteiger charge is -2.08. The summed E-state index contributed by atoms with van der Waals surface area (Å²) in [5.41, 5.74) is 1.16. The maximum Gasteiger partial charge on any atom is 0.314 e. The summed E-state index contributed by atoms with van der Waals surface area (Å²) in [6.07, 6.45) is 0.390. The van der Waals surface area contributed by atoms with Crippen molar-refractivity contribution in [2.75, 3.05) is 0 Å². The Morgan fingerprint density at radius 1 is 1.37 bits per heavy atom. The molecule has 19 heavy (non-hydrogen) atoms. The lowest BCUT2D eigenvalue weighted by atomic mass is 9.99. The van der Waals surface area contributed by atoms with Crippen LogP contribution < -0.4 is 0 Å². The van der Waals surface area contributed by atoms with Crippen molar-refractivity contribution in [1.82, 2.24) is 4.98 Å². The third kappa shape index (κ3) is 2.91. The van der Waals surface area contributed by atoms with E-state index in [0.29, 0.717) is 17.1 Å². The fraction of sp³-hybridized carbons (Fsp3) is 0.231. The maximum atomic E-state index is 11.2. The molecule has 0 bridgehead atoms. The summed E-state index contributed by atoms with van der Waals surface area (Å²) >= 11 is 11.6.